The molecular formula is C51H70. The van der Waals surface area contributed by atoms with Gasteiger partial charge in [-0.2, -0.15) is 0 Å². The summed E-state index contributed by atoms with van der Waals surface area (Å²) in [5.74, 6) is 19.0. The van der Waals surface area contributed by atoms with E-state index < -0.39 is 0 Å². The summed E-state index contributed by atoms with van der Waals surface area (Å²) in [5, 5.41) is 0. The number of benzene rings is 2. The SMILES string of the molecule is CCCC1CC=C(C#Cc2ccc(C3CCC(CC)CC3)cc2)CC1.CCCCC1CC=C(C#Cc2ccc(C3CCC(CC)CC3)cc2)CC1. The number of unbranched alkanes of at least 4 members (excludes halogenated alkanes) is 1. The quantitative estimate of drug-likeness (QED) is 0.231. The van der Waals surface area contributed by atoms with Crippen molar-refractivity contribution in [3.05, 3.63) is 94.1 Å². The molecule has 0 heterocycles. The Hall–Kier alpha value is -2.96. The molecule has 0 bridgehead atoms. The second-order valence-electron chi connectivity index (χ2n) is 16.7. The van der Waals surface area contributed by atoms with E-state index in [1.54, 1.807) is 0 Å². The van der Waals surface area contributed by atoms with E-state index in [-0.39, 0.29) is 0 Å². The molecule has 0 nitrogen and oxygen atoms in total. The molecule has 0 heteroatoms. The van der Waals surface area contributed by atoms with Gasteiger partial charge in [-0.25, -0.2) is 0 Å². The lowest BCUT2D eigenvalue weighted by atomic mass is 9.78. The van der Waals surface area contributed by atoms with E-state index in [1.165, 1.54) is 168 Å². The lowest BCUT2D eigenvalue weighted by Gasteiger charge is -2.28. The molecule has 0 spiro atoms. The summed E-state index contributed by atoms with van der Waals surface area (Å²) < 4.78 is 0. The number of hydrogen-bond acceptors (Lipinski definition) is 0. The van der Waals surface area contributed by atoms with E-state index in [2.05, 4.69) is 112 Å². The van der Waals surface area contributed by atoms with E-state index in [4.69, 9.17) is 0 Å². The fraction of sp³-hybridized carbons (Fsp3) is 0.608. The van der Waals surface area contributed by atoms with Crippen LogP contribution in [0.25, 0.3) is 0 Å². The van der Waals surface area contributed by atoms with Crippen LogP contribution in [-0.2, 0) is 0 Å². The van der Waals surface area contributed by atoms with E-state index in [0.29, 0.717) is 0 Å². The molecular weight excluding hydrogens is 613 g/mol. The molecule has 2 saturated carbocycles. The third-order valence-corrected chi connectivity index (χ3v) is 13.0. The minimum Gasteiger partial charge on any atom is -0.0726 e. The van der Waals surface area contributed by atoms with Gasteiger partial charge in [0.2, 0.25) is 0 Å². The predicted octanol–water partition coefficient (Wildman–Crippen LogP) is 14.9. The smallest absolute Gasteiger partial charge is 0.0249 e. The Morgan fingerprint density at radius 2 is 0.882 bits per heavy atom. The minimum absolute atomic E-state index is 0.779. The first-order chi connectivity index (χ1) is 25.1. The Morgan fingerprint density at radius 1 is 0.451 bits per heavy atom. The van der Waals surface area contributed by atoms with Gasteiger partial charge in [0.15, 0.2) is 0 Å². The first-order valence-electron chi connectivity index (χ1n) is 21.7. The Balaban J connectivity index is 0.000000198. The second kappa shape index (κ2) is 21.5. The largest absolute Gasteiger partial charge is 0.0726 e. The molecule has 0 saturated heterocycles. The predicted molar refractivity (Wildman–Crippen MR) is 222 cm³/mol. The van der Waals surface area contributed by atoms with Gasteiger partial charge in [-0.1, -0.05) is 133 Å². The van der Waals surface area contributed by atoms with Gasteiger partial charge >= 0.3 is 0 Å². The maximum atomic E-state index is 3.44. The highest BCUT2D eigenvalue weighted by Crippen LogP contribution is 2.38. The van der Waals surface area contributed by atoms with Crippen LogP contribution in [0.4, 0.5) is 0 Å². The zero-order valence-electron chi connectivity index (χ0n) is 33.1. The standard InChI is InChI=1S/C26H36.C25H34/c1-3-5-6-22-7-9-23(10-8-22)11-12-24-15-19-26(20-16-24)25-17-13-21(4-2)14-18-25;1-3-5-21-6-8-22(9-7-21)10-11-23-14-18-25(19-15-23)24-16-12-20(4-2)13-17-24/h9,15-16,19-22,25H,3-8,10,13-14,17-18H2,1-2H3;8,14-15,18-21,24H,3-7,9,12-13,16-17H2,1-2H3. The van der Waals surface area contributed by atoms with Crippen LogP contribution >= 0.6 is 0 Å². The molecule has 2 unspecified atom stereocenters. The molecule has 4 aliphatic rings. The topological polar surface area (TPSA) is 0 Å². The van der Waals surface area contributed by atoms with Crippen molar-refractivity contribution in [1.29, 1.82) is 0 Å². The van der Waals surface area contributed by atoms with Crippen molar-refractivity contribution in [2.24, 2.45) is 23.7 Å². The lowest BCUT2D eigenvalue weighted by molar-refractivity contribution is 0.319. The van der Waals surface area contributed by atoms with Crippen LogP contribution < -0.4 is 0 Å². The molecule has 2 aromatic carbocycles. The fourth-order valence-corrected chi connectivity index (χ4v) is 9.22. The Labute approximate surface area is 314 Å². The molecule has 0 aromatic heterocycles. The number of allylic oxidation sites excluding steroid dienone is 4. The van der Waals surface area contributed by atoms with Gasteiger partial charge in [0, 0.05) is 11.1 Å². The summed E-state index contributed by atoms with van der Waals surface area (Å²) in [7, 11) is 0. The van der Waals surface area contributed by atoms with Crippen molar-refractivity contribution < 1.29 is 0 Å². The van der Waals surface area contributed by atoms with Crippen LogP contribution in [0.15, 0.2) is 71.8 Å². The molecule has 2 fully saturated rings. The van der Waals surface area contributed by atoms with Gasteiger partial charge in [-0.3, -0.25) is 0 Å². The monoisotopic (exact) mass is 683 g/mol. The van der Waals surface area contributed by atoms with Gasteiger partial charge in [0.05, 0.1) is 0 Å². The summed E-state index contributed by atoms with van der Waals surface area (Å²) in [6, 6.07) is 18.3. The molecule has 0 amide bonds. The van der Waals surface area contributed by atoms with Crippen LogP contribution in [0.5, 0.6) is 0 Å². The van der Waals surface area contributed by atoms with Crippen molar-refractivity contribution in [1.82, 2.24) is 0 Å². The number of hydrogen-bond donors (Lipinski definition) is 0. The van der Waals surface area contributed by atoms with E-state index in [9.17, 15) is 0 Å². The average Bonchev–Trinajstić information content (AvgIpc) is 3.20. The molecule has 0 radical (unpaired) electrons. The molecule has 0 N–H and O–H groups in total. The van der Waals surface area contributed by atoms with Gasteiger partial charge in [-0.05, 0) is 172 Å². The zero-order chi connectivity index (χ0) is 35.7. The fourth-order valence-electron chi connectivity index (χ4n) is 9.22. The Kier molecular flexibility index (Phi) is 16.6. The molecule has 6 rings (SSSR count). The first kappa shape index (κ1) is 39.3. The summed E-state index contributed by atoms with van der Waals surface area (Å²) in [6.07, 6.45) is 32.9. The van der Waals surface area contributed by atoms with E-state index in [0.717, 1.165) is 35.5 Å². The molecule has 2 aromatic rings. The van der Waals surface area contributed by atoms with Crippen molar-refractivity contribution in [2.45, 2.75) is 174 Å². The van der Waals surface area contributed by atoms with Crippen LogP contribution in [0.2, 0.25) is 0 Å². The zero-order valence-corrected chi connectivity index (χ0v) is 33.1. The second-order valence-corrected chi connectivity index (χ2v) is 16.7. The van der Waals surface area contributed by atoms with Gasteiger partial charge in [0.1, 0.15) is 0 Å². The van der Waals surface area contributed by atoms with E-state index in [1.807, 2.05) is 0 Å². The van der Waals surface area contributed by atoms with Crippen LogP contribution in [0.3, 0.4) is 0 Å². The lowest BCUT2D eigenvalue weighted by Crippen LogP contribution is -2.12. The van der Waals surface area contributed by atoms with Crippen molar-refractivity contribution in [3.8, 4) is 23.7 Å². The maximum absolute atomic E-state index is 3.44. The maximum Gasteiger partial charge on any atom is 0.0249 e. The minimum atomic E-state index is 0.779. The summed E-state index contributed by atoms with van der Waals surface area (Å²) in [4.78, 5) is 0. The van der Waals surface area contributed by atoms with Gasteiger partial charge in [0.25, 0.3) is 0 Å². The normalized spacial score (nSPS) is 26.2. The van der Waals surface area contributed by atoms with Crippen molar-refractivity contribution in [3.63, 3.8) is 0 Å². The summed E-state index contributed by atoms with van der Waals surface area (Å²) >= 11 is 0. The van der Waals surface area contributed by atoms with Gasteiger partial charge in [-0.15, -0.1) is 0 Å². The Bertz CT molecular complexity index is 1480. The highest BCUT2D eigenvalue weighted by Gasteiger charge is 2.22. The number of rotatable bonds is 9. The highest BCUT2D eigenvalue weighted by atomic mass is 14.3. The summed E-state index contributed by atoms with van der Waals surface area (Å²) in [6.45, 7) is 9.25. The van der Waals surface area contributed by atoms with Crippen LogP contribution in [-0.4, -0.2) is 0 Å². The highest BCUT2D eigenvalue weighted by molar-refractivity contribution is 5.43. The molecule has 0 aliphatic heterocycles. The third-order valence-electron chi connectivity index (χ3n) is 13.0. The van der Waals surface area contributed by atoms with Gasteiger partial charge < -0.3 is 0 Å². The first-order valence-corrected chi connectivity index (χ1v) is 21.7. The van der Waals surface area contributed by atoms with Crippen LogP contribution in [0.1, 0.15) is 197 Å². The van der Waals surface area contributed by atoms with Crippen LogP contribution in [0, 0.1) is 47.4 Å². The van der Waals surface area contributed by atoms with Crippen molar-refractivity contribution in [2.75, 3.05) is 0 Å². The molecule has 4 aliphatic carbocycles. The molecule has 2 atom stereocenters. The molecule has 51 heavy (non-hydrogen) atoms. The third kappa shape index (κ3) is 12.9. The van der Waals surface area contributed by atoms with Crippen molar-refractivity contribution >= 4 is 0 Å². The molecule has 274 valence electrons. The average molecular weight is 683 g/mol. The van der Waals surface area contributed by atoms with E-state index >= 15 is 0 Å². The Morgan fingerprint density at radius 3 is 1.24 bits per heavy atom. The summed E-state index contributed by atoms with van der Waals surface area (Å²) in [5.41, 5.74) is 8.11.